The molecule has 0 atom stereocenters. The highest BCUT2D eigenvalue weighted by Crippen LogP contribution is 2.08. The Balaban J connectivity index is 1.83. The predicted molar refractivity (Wildman–Crippen MR) is 83.0 cm³/mol. The molecule has 1 N–H and O–H groups in total. The summed E-state index contributed by atoms with van der Waals surface area (Å²) < 4.78 is 5.56. The van der Waals surface area contributed by atoms with Crippen LogP contribution < -0.4 is 5.32 Å². The first kappa shape index (κ1) is 17.3. The molecular weight excluding hydrogens is 252 g/mol. The summed E-state index contributed by atoms with van der Waals surface area (Å²) in [6.45, 7) is 6.63. The first-order valence-electron chi connectivity index (χ1n) is 8.45. The fourth-order valence-electron chi connectivity index (χ4n) is 2.47. The first-order chi connectivity index (χ1) is 9.84. The van der Waals surface area contributed by atoms with Gasteiger partial charge in [-0.05, 0) is 44.9 Å². The van der Waals surface area contributed by atoms with Crippen LogP contribution in [0, 0.1) is 0 Å². The van der Waals surface area contributed by atoms with Gasteiger partial charge in [-0.2, -0.15) is 0 Å². The van der Waals surface area contributed by atoms with Gasteiger partial charge in [0, 0.05) is 32.8 Å². The molecule has 1 rings (SSSR count). The summed E-state index contributed by atoms with van der Waals surface area (Å²) >= 11 is 0. The van der Waals surface area contributed by atoms with Crippen molar-refractivity contribution in [3.8, 4) is 0 Å². The Hall–Kier alpha value is -0.770. The van der Waals surface area contributed by atoms with Crippen LogP contribution in [-0.2, 0) is 4.74 Å². The molecule has 0 bridgehead atoms. The van der Waals surface area contributed by atoms with Crippen LogP contribution in [0.2, 0.25) is 0 Å². The molecule has 1 heterocycles. The van der Waals surface area contributed by atoms with Crippen molar-refractivity contribution in [1.82, 2.24) is 10.2 Å². The van der Waals surface area contributed by atoms with E-state index < -0.39 is 0 Å². The minimum atomic E-state index is 0.125. The number of urea groups is 1. The van der Waals surface area contributed by atoms with E-state index in [1.807, 2.05) is 4.90 Å². The van der Waals surface area contributed by atoms with Crippen LogP contribution in [0.5, 0.6) is 0 Å². The smallest absolute Gasteiger partial charge is 0.317 e. The fraction of sp³-hybridized carbons (Fsp3) is 0.938. The van der Waals surface area contributed by atoms with E-state index in [0.29, 0.717) is 0 Å². The second kappa shape index (κ2) is 12.0. The van der Waals surface area contributed by atoms with Gasteiger partial charge >= 0.3 is 6.03 Å². The molecule has 0 saturated carbocycles. The van der Waals surface area contributed by atoms with Gasteiger partial charge in [0.15, 0.2) is 0 Å². The maximum absolute atomic E-state index is 11.8. The topological polar surface area (TPSA) is 41.6 Å². The molecule has 0 aromatic heterocycles. The number of carbonyl (C=O) groups is 1. The van der Waals surface area contributed by atoms with Gasteiger partial charge in [-0.3, -0.25) is 0 Å². The molecule has 0 radical (unpaired) electrons. The molecule has 1 fully saturated rings. The molecule has 0 aromatic rings. The molecule has 20 heavy (non-hydrogen) atoms. The van der Waals surface area contributed by atoms with Crippen LogP contribution >= 0.6 is 0 Å². The van der Waals surface area contributed by atoms with Gasteiger partial charge in [0.25, 0.3) is 0 Å². The molecule has 1 saturated heterocycles. The van der Waals surface area contributed by atoms with E-state index in [2.05, 4.69) is 12.2 Å². The SMILES string of the molecule is CCCCCOCCCCCNC(=O)N1CCCCC1. The zero-order valence-corrected chi connectivity index (χ0v) is 13.2. The van der Waals surface area contributed by atoms with Gasteiger partial charge in [0.1, 0.15) is 0 Å². The second-order valence-electron chi connectivity index (χ2n) is 5.66. The fourth-order valence-corrected chi connectivity index (χ4v) is 2.47. The molecular formula is C16H32N2O2. The summed E-state index contributed by atoms with van der Waals surface area (Å²) in [6, 6.07) is 0.125. The Bertz CT molecular complexity index is 241. The van der Waals surface area contributed by atoms with Crippen LogP contribution in [0.4, 0.5) is 4.79 Å². The highest BCUT2D eigenvalue weighted by Gasteiger charge is 2.15. The van der Waals surface area contributed by atoms with E-state index in [4.69, 9.17) is 4.74 Å². The molecule has 4 heteroatoms. The number of ether oxygens (including phenoxy) is 1. The van der Waals surface area contributed by atoms with Crippen molar-refractivity contribution in [3.63, 3.8) is 0 Å². The van der Waals surface area contributed by atoms with Crippen molar-refractivity contribution < 1.29 is 9.53 Å². The van der Waals surface area contributed by atoms with Crippen molar-refractivity contribution >= 4 is 6.03 Å². The van der Waals surface area contributed by atoms with Crippen LogP contribution in [0.25, 0.3) is 0 Å². The number of unbranched alkanes of at least 4 members (excludes halogenated alkanes) is 4. The Morgan fingerprint density at radius 1 is 1.00 bits per heavy atom. The molecule has 118 valence electrons. The average Bonchev–Trinajstić information content (AvgIpc) is 2.50. The Morgan fingerprint density at radius 2 is 1.70 bits per heavy atom. The van der Waals surface area contributed by atoms with E-state index in [1.54, 1.807) is 0 Å². The summed E-state index contributed by atoms with van der Waals surface area (Å²) in [5, 5.41) is 3.02. The lowest BCUT2D eigenvalue weighted by molar-refractivity contribution is 0.126. The minimum absolute atomic E-state index is 0.125. The lowest BCUT2D eigenvalue weighted by Crippen LogP contribution is -2.43. The van der Waals surface area contributed by atoms with E-state index in [9.17, 15) is 4.79 Å². The number of amides is 2. The van der Waals surface area contributed by atoms with Crippen molar-refractivity contribution in [2.75, 3.05) is 32.8 Å². The van der Waals surface area contributed by atoms with Gasteiger partial charge in [0.05, 0.1) is 0 Å². The summed E-state index contributed by atoms with van der Waals surface area (Å²) in [5.41, 5.74) is 0. The number of carbonyl (C=O) groups excluding carboxylic acids is 1. The number of hydrogen-bond donors (Lipinski definition) is 1. The second-order valence-corrected chi connectivity index (χ2v) is 5.66. The van der Waals surface area contributed by atoms with E-state index in [-0.39, 0.29) is 6.03 Å². The zero-order chi connectivity index (χ0) is 14.5. The van der Waals surface area contributed by atoms with E-state index in [1.165, 1.54) is 25.7 Å². The Kier molecular flexibility index (Phi) is 10.4. The monoisotopic (exact) mass is 284 g/mol. The number of likely N-dealkylation sites (tertiary alicyclic amines) is 1. The molecule has 1 aliphatic heterocycles. The van der Waals surface area contributed by atoms with Crippen molar-refractivity contribution in [2.45, 2.75) is 64.7 Å². The third-order valence-electron chi connectivity index (χ3n) is 3.78. The normalized spacial score (nSPS) is 15.3. The quantitative estimate of drug-likeness (QED) is 0.623. The maximum Gasteiger partial charge on any atom is 0.317 e. The third kappa shape index (κ3) is 8.41. The molecule has 1 aliphatic rings. The maximum atomic E-state index is 11.8. The average molecular weight is 284 g/mol. The number of rotatable bonds is 10. The molecule has 0 aliphatic carbocycles. The predicted octanol–water partition coefficient (Wildman–Crippen LogP) is 3.56. The summed E-state index contributed by atoms with van der Waals surface area (Å²) in [6.07, 6.45) is 10.6. The molecule has 2 amide bonds. The van der Waals surface area contributed by atoms with E-state index >= 15 is 0 Å². The van der Waals surface area contributed by atoms with Crippen LogP contribution in [0.15, 0.2) is 0 Å². The van der Waals surface area contributed by atoms with Gasteiger partial charge in [0.2, 0.25) is 0 Å². The molecule has 4 nitrogen and oxygen atoms in total. The number of nitrogens with zero attached hydrogens (tertiary/aromatic N) is 1. The first-order valence-corrected chi connectivity index (χ1v) is 8.45. The van der Waals surface area contributed by atoms with Crippen molar-refractivity contribution in [3.05, 3.63) is 0 Å². The minimum Gasteiger partial charge on any atom is -0.381 e. The van der Waals surface area contributed by atoms with Gasteiger partial charge in [-0.25, -0.2) is 4.79 Å². The largest absolute Gasteiger partial charge is 0.381 e. The summed E-state index contributed by atoms with van der Waals surface area (Å²) in [7, 11) is 0. The standard InChI is InChI=1S/C16H32N2O2/c1-2-3-9-14-20-15-10-4-6-11-17-16(19)18-12-7-5-8-13-18/h2-15H2,1H3,(H,17,19). The highest BCUT2D eigenvalue weighted by atomic mass is 16.5. The Morgan fingerprint density at radius 3 is 2.40 bits per heavy atom. The van der Waals surface area contributed by atoms with Gasteiger partial charge in [-0.1, -0.05) is 19.8 Å². The van der Waals surface area contributed by atoms with Crippen molar-refractivity contribution in [1.29, 1.82) is 0 Å². The number of piperidine rings is 1. The van der Waals surface area contributed by atoms with Crippen LogP contribution in [0.1, 0.15) is 64.7 Å². The Labute approximate surface area is 124 Å². The van der Waals surface area contributed by atoms with Crippen molar-refractivity contribution in [2.24, 2.45) is 0 Å². The highest BCUT2D eigenvalue weighted by molar-refractivity contribution is 5.74. The van der Waals surface area contributed by atoms with E-state index in [0.717, 1.165) is 65.0 Å². The summed E-state index contributed by atoms with van der Waals surface area (Å²) in [5.74, 6) is 0. The zero-order valence-electron chi connectivity index (χ0n) is 13.2. The van der Waals surface area contributed by atoms with Crippen LogP contribution in [0.3, 0.4) is 0 Å². The summed E-state index contributed by atoms with van der Waals surface area (Å²) in [4.78, 5) is 13.8. The molecule has 0 aromatic carbocycles. The molecule has 0 unspecified atom stereocenters. The number of hydrogen-bond acceptors (Lipinski definition) is 2. The molecule has 0 spiro atoms. The van der Waals surface area contributed by atoms with Gasteiger partial charge < -0.3 is 15.0 Å². The lowest BCUT2D eigenvalue weighted by atomic mass is 10.1. The van der Waals surface area contributed by atoms with Crippen LogP contribution in [-0.4, -0.2) is 43.8 Å². The number of nitrogens with one attached hydrogen (secondary N) is 1. The third-order valence-corrected chi connectivity index (χ3v) is 3.78. The lowest BCUT2D eigenvalue weighted by Gasteiger charge is -2.26. The van der Waals surface area contributed by atoms with Gasteiger partial charge in [-0.15, -0.1) is 0 Å².